The fraction of sp³-hybridized carbons (Fsp3) is 0.364. The van der Waals surface area contributed by atoms with Crippen LogP contribution in [0.3, 0.4) is 0 Å². The normalized spacial score (nSPS) is 11.9. The highest BCUT2D eigenvalue weighted by molar-refractivity contribution is 14.1. The predicted octanol–water partition coefficient (Wildman–Crippen LogP) is 2.61. The number of nitriles is 1. The molecule has 0 aliphatic rings. The van der Waals surface area contributed by atoms with E-state index in [0.717, 1.165) is 0 Å². The molecule has 0 radical (unpaired) electrons. The summed E-state index contributed by atoms with van der Waals surface area (Å²) in [5.41, 5.74) is 6.96. The molecule has 0 heterocycles. The molecule has 1 unspecified atom stereocenters. The summed E-state index contributed by atoms with van der Waals surface area (Å²) in [4.78, 5) is 1.79. The molecular formula is C11H13FIN3. The van der Waals surface area contributed by atoms with Crippen molar-refractivity contribution < 1.29 is 4.39 Å². The Morgan fingerprint density at radius 2 is 2.25 bits per heavy atom. The van der Waals surface area contributed by atoms with E-state index in [-0.39, 0.29) is 11.7 Å². The van der Waals surface area contributed by atoms with Crippen LogP contribution in [-0.4, -0.2) is 13.6 Å². The summed E-state index contributed by atoms with van der Waals surface area (Å²) in [7, 11) is 1.80. The molecule has 5 heteroatoms. The van der Waals surface area contributed by atoms with E-state index in [1.165, 1.54) is 6.07 Å². The molecule has 16 heavy (non-hydrogen) atoms. The van der Waals surface area contributed by atoms with Crippen molar-refractivity contribution in [1.82, 2.24) is 0 Å². The van der Waals surface area contributed by atoms with Crippen LogP contribution in [0.4, 0.5) is 15.8 Å². The van der Waals surface area contributed by atoms with Crippen LogP contribution in [0.25, 0.3) is 0 Å². The van der Waals surface area contributed by atoms with Crippen LogP contribution in [0.2, 0.25) is 0 Å². The van der Waals surface area contributed by atoms with Crippen LogP contribution in [0.1, 0.15) is 6.92 Å². The minimum absolute atomic E-state index is 0.119. The van der Waals surface area contributed by atoms with Gasteiger partial charge in [0.05, 0.1) is 26.9 Å². The number of nitrogen functional groups attached to an aromatic ring is 1. The zero-order chi connectivity index (χ0) is 12.3. The molecule has 0 bridgehead atoms. The van der Waals surface area contributed by atoms with Crippen molar-refractivity contribution in [2.75, 3.05) is 24.2 Å². The van der Waals surface area contributed by atoms with Gasteiger partial charge < -0.3 is 10.6 Å². The number of rotatable bonds is 3. The third kappa shape index (κ3) is 2.98. The second kappa shape index (κ2) is 5.34. The number of hydrogen-bond acceptors (Lipinski definition) is 3. The quantitative estimate of drug-likeness (QED) is 0.683. The summed E-state index contributed by atoms with van der Waals surface area (Å²) in [6.07, 6.45) is 0. The topological polar surface area (TPSA) is 53.0 Å². The van der Waals surface area contributed by atoms with Gasteiger partial charge in [-0.2, -0.15) is 5.26 Å². The number of nitrogens with zero attached hydrogens (tertiary/aromatic N) is 2. The van der Waals surface area contributed by atoms with Gasteiger partial charge >= 0.3 is 0 Å². The summed E-state index contributed by atoms with van der Waals surface area (Å²) in [6.45, 7) is 2.34. The molecular weight excluding hydrogens is 320 g/mol. The Labute approximate surface area is 108 Å². The largest absolute Gasteiger partial charge is 0.397 e. The van der Waals surface area contributed by atoms with Crippen molar-refractivity contribution in [3.05, 3.63) is 21.5 Å². The number of anilines is 2. The van der Waals surface area contributed by atoms with Crippen LogP contribution < -0.4 is 10.6 Å². The molecule has 2 N–H and O–H groups in total. The molecule has 1 rings (SSSR count). The fourth-order valence-electron chi connectivity index (χ4n) is 1.43. The number of hydrogen-bond donors (Lipinski definition) is 1. The smallest absolute Gasteiger partial charge is 0.138 e. The molecule has 0 spiro atoms. The van der Waals surface area contributed by atoms with Gasteiger partial charge in [-0.05, 0) is 35.6 Å². The molecule has 0 amide bonds. The standard InChI is InChI=1S/C11H13FIN3/c1-7(5-14)6-16(2)11-3-8(12)9(13)4-10(11)15/h3-4,7H,6,15H2,1-2H3. The van der Waals surface area contributed by atoms with Crippen molar-refractivity contribution in [1.29, 1.82) is 5.26 Å². The van der Waals surface area contributed by atoms with Gasteiger partial charge in [-0.15, -0.1) is 0 Å². The van der Waals surface area contributed by atoms with E-state index in [1.54, 1.807) is 18.0 Å². The average Bonchev–Trinajstić information content (AvgIpc) is 2.23. The van der Waals surface area contributed by atoms with Crippen LogP contribution in [-0.2, 0) is 0 Å². The Hall–Kier alpha value is -1.03. The van der Waals surface area contributed by atoms with Crippen LogP contribution in [0.5, 0.6) is 0 Å². The van der Waals surface area contributed by atoms with Crippen molar-refractivity contribution in [3.63, 3.8) is 0 Å². The lowest BCUT2D eigenvalue weighted by atomic mass is 10.1. The van der Waals surface area contributed by atoms with E-state index >= 15 is 0 Å². The molecule has 1 aromatic carbocycles. The highest BCUT2D eigenvalue weighted by Crippen LogP contribution is 2.27. The van der Waals surface area contributed by atoms with Gasteiger partial charge in [0, 0.05) is 19.7 Å². The lowest BCUT2D eigenvalue weighted by molar-refractivity contribution is 0.619. The molecule has 0 aliphatic heterocycles. The molecule has 0 aliphatic carbocycles. The molecule has 3 nitrogen and oxygen atoms in total. The Morgan fingerprint density at radius 1 is 1.62 bits per heavy atom. The van der Waals surface area contributed by atoms with Gasteiger partial charge in [0.15, 0.2) is 0 Å². The van der Waals surface area contributed by atoms with Crippen LogP contribution >= 0.6 is 22.6 Å². The van der Waals surface area contributed by atoms with Gasteiger partial charge in [0.2, 0.25) is 0 Å². The third-order valence-electron chi connectivity index (χ3n) is 2.25. The van der Waals surface area contributed by atoms with Gasteiger partial charge in [0.1, 0.15) is 5.82 Å². The maximum absolute atomic E-state index is 13.4. The van der Waals surface area contributed by atoms with E-state index < -0.39 is 0 Å². The highest BCUT2D eigenvalue weighted by atomic mass is 127. The molecule has 86 valence electrons. The monoisotopic (exact) mass is 333 g/mol. The van der Waals surface area contributed by atoms with E-state index in [9.17, 15) is 4.39 Å². The van der Waals surface area contributed by atoms with Crippen molar-refractivity contribution in [2.24, 2.45) is 5.92 Å². The van der Waals surface area contributed by atoms with Crippen molar-refractivity contribution in [2.45, 2.75) is 6.92 Å². The summed E-state index contributed by atoms with van der Waals surface area (Å²) in [5, 5.41) is 8.72. The molecule has 0 fully saturated rings. The van der Waals surface area contributed by atoms with E-state index in [1.807, 2.05) is 29.5 Å². The molecule has 0 saturated heterocycles. The zero-order valence-corrected chi connectivity index (χ0v) is 11.3. The van der Waals surface area contributed by atoms with E-state index in [2.05, 4.69) is 6.07 Å². The van der Waals surface area contributed by atoms with Gasteiger partial charge in [0.25, 0.3) is 0 Å². The SMILES string of the molecule is CC(C#N)CN(C)c1cc(F)c(I)cc1N. The first-order valence-electron chi connectivity index (χ1n) is 4.81. The molecule has 1 atom stereocenters. The summed E-state index contributed by atoms with van der Waals surface area (Å²) in [5.74, 6) is -0.409. The van der Waals surface area contributed by atoms with Crippen molar-refractivity contribution in [3.8, 4) is 6.07 Å². The Balaban J connectivity index is 2.96. The zero-order valence-electron chi connectivity index (χ0n) is 9.17. The number of halogens is 2. The van der Waals surface area contributed by atoms with Crippen molar-refractivity contribution >= 4 is 34.0 Å². The fourth-order valence-corrected chi connectivity index (χ4v) is 1.92. The van der Waals surface area contributed by atoms with Crippen LogP contribution in [0, 0.1) is 26.6 Å². The lowest BCUT2D eigenvalue weighted by Crippen LogP contribution is -2.24. The molecule has 1 aromatic rings. The first-order valence-corrected chi connectivity index (χ1v) is 5.89. The first-order chi connectivity index (χ1) is 7.45. The second-order valence-electron chi connectivity index (χ2n) is 3.74. The Morgan fingerprint density at radius 3 is 2.81 bits per heavy atom. The molecule has 0 aromatic heterocycles. The Bertz CT molecular complexity index is 428. The minimum atomic E-state index is -0.290. The first kappa shape index (κ1) is 13.0. The van der Waals surface area contributed by atoms with Gasteiger partial charge in [-0.3, -0.25) is 0 Å². The maximum Gasteiger partial charge on any atom is 0.138 e. The lowest BCUT2D eigenvalue weighted by Gasteiger charge is -2.22. The van der Waals surface area contributed by atoms with Gasteiger partial charge in [-0.25, -0.2) is 4.39 Å². The summed E-state index contributed by atoms with van der Waals surface area (Å²) < 4.78 is 13.9. The third-order valence-corrected chi connectivity index (χ3v) is 3.08. The average molecular weight is 333 g/mol. The Kier molecular flexibility index (Phi) is 4.35. The summed E-state index contributed by atoms with van der Waals surface area (Å²) in [6, 6.07) is 5.13. The number of benzene rings is 1. The minimum Gasteiger partial charge on any atom is -0.397 e. The van der Waals surface area contributed by atoms with E-state index in [0.29, 0.717) is 21.5 Å². The van der Waals surface area contributed by atoms with E-state index in [4.69, 9.17) is 11.0 Å². The van der Waals surface area contributed by atoms with Crippen LogP contribution in [0.15, 0.2) is 12.1 Å². The second-order valence-corrected chi connectivity index (χ2v) is 4.90. The number of nitrogens with two attached hydrogens (primary N) is 1. The highest BCUT2D eigenvalue weighted by Gasteiger charge is 2.12. The van der Waals surface area contributed by atoms with Gasteiger partial charge in [-0.1, -0.05) is 0 Å². The predicted molar refractivity (Wildman–Crippen MR) is 71.6 cm³/mol. The summed E-state index contributed by atoms with van der Waals surface area (Å²) >= 11 is 1.90. The molecule has 0 saturated carbocycles. The maximum atomic E-state index is 13.4.